The zero-order valence-electron chi connectivity index (χ0n) is 10.4. The third-order valence-electron chi connectivity index (χ3n) is 2.69. The lowest BCUT2D eigenvalue weighted by atomic mass is 10.2. The molecule has 8 nitrogen and oxygen atoms in total. The lowest BCUT2D eigenvalue weighted by Crippen LogP contribution is -2.40. The first kappa shape index (κ1) is 14.1. The number of primary amides is 1. The van der Waals surface area contributed by atoms with Crippen molar-refractivity contribution in [3.8, 4) is 0 Å². The van der Waals surface area contributed by atoms with E-state index in [-0.39, 0.29) is 12.2 Å². The second-order valence-electron chi connectivity index (χ2n) is 3.90. The quantitative estimate of drug-likeness (QED) is 0.533. The Bertz CT molecular complexity index is 468. The maximum absolute atomic E-state index is 11.0. The predicted octanol–water partition coefficient (Wildman–Crippen LogP) is -0.271. The number of carbonyl (C=O) groups excluding carboxylic acids is 1. The van der Waals surface area contributed by atoms with Gasteiger partial charge in [-0.3, -0.25) is 19.6 Å². The summed E-state index contributed by atoms with van der Waals surface area (Å²) in [6, 6.07) is -0.903. The maximum atomic E-state index is 11.0. The summed E-state index contributed by atoms with van der Waals surface area (Å²) in [5.74, 6) is -0.659. The van der Waals surface area contributed by atoms with E-state index in [1.165, 1.54) is 4.68 Å². The Morgan fingerprint density at radius 2 is 2.11 bits per heavy atom. The lowest BCUT2D eigenvalue weighted by molar-refractivity contribution is -0.386. The van der Waals surface area contributed by atoms with Gasteiger partial charge in [0.2, 0.25) is 5.91 Å². The molecule has 0 spiro atoms. The molecule has 4 N–H and O–H groups in total. The van der Waals surface area contributed by atoms with Gasteiger partial charge < -0.3 is 11.5 Å². The average Bonchev–Trinajstić information content (AvgIpc) is 2.66. The molecule has 0 aromatic carbocycles. The van der Waals surface area contributed by atoms with Crippen molar-refractivity contribution in [3.05, 3.63) is 21.5 Å². The van der Waals surface area contributed by atoms with Crippen molar-refractivity contribution in [2.75, 3.05) is 0 Å². The average molecular weight is 255 g/mol. The molecular weight excluding hydrogens is 238 g/mol. The molecular formula is C10H17N5O3. The van der Waals surface area contributed by atoms with Crippen LogP contribution in [0.5, 0.6) is 0 Å². The highest BCUT2D eigenvalue weighted by molar-refractivity contribution is 5.79. The highest BCUT2D eigenvalue weighted by Gasteiger charge is 2.26. The molecule has 8 heteroatoms. The number of carbonyl (C=O) groups is 1. The molecule has 0 aliphatic heterocycles. The van der Waals surface area contributed by atoms with Gasteiger partial charge in [-0.25, -0.2) is 0 Å². The smallest absolute Gasteiger partial charge is 0.313 e. The number of aryl methyl sites for hydroxylation is 1. The van der Waals surface area contributed by atoms with Gasteiger partial charge in [0.1, 0.15) is 17.4 Å². The van der Waals surface area contributed by atoms with Gasteiger partial charge in [-0.05, 0) is 12.8 Å². The van der Waals surface area contributed by atoms with E-state index < -0.39 is 16.9 Å². The van der Waals surface area contributed by atoms with Crippen LogP contribution in [0, 0.1) is 10.1 Å². The number of nitro groups is 1. The zero-order valence-corrected chi connectivity index (χ0v) is 10.4. The van der Waals surface area contributed by atoms with Crippen molar-refractivity contribution in [1.82, 2.24) is 9.78 Å². The fourth-order valence-corrected chi connectivity index (χ4v) is 1.77. The second kappa shape index (κ2) is 5.58. The van der Waals surface area contributed by atoms with Gasteiger partial charge in [-0.2, -0.15) is 5.10 Å². The summed E-state index contributed by atoms with van der Waals surface area (Å²) in [5.41, 5.74) is 11.5. The number of hydrogen-bond donors (Lipinski definition) is 2. The van der Waals surface area contributed by atoms with Gasteiger partial charge in [0.25, 0.3) is 0 Å². The first-order valence-corrected chi connectivity index (χ1v) is 5.70. The molecule has 0 saturated carbocycles. The van der Waals surface area contributed by atoms with Gasteiger partial charge in [-0.1, -0.05) is 13.8 Å². The highest BCUT2D eigenvalue weighted by Crippen LogP contribution is 2.24. The number of nitrogens with two attached hydrogens (primary N) is 2. The van der Waals surface area contributed by atoms with E-state index >= 15 is 0 Å². The summed E-state index contributed by atoms with van der Waals surface area (Å²) >= 11 is 0. The van der Waals surface area contributed by atoms with E-state index in [1.54, 1.807) is 13.8 Å². The molecule has 0 radical (unpaired) electrons. The fourth-order valence-electron chi connectivity index (χ4n) is 1.77. The van der Waals surface area contributed by atoms with Crippen LogP contribution in [0.25, 0.3) is 0 Å². The van der Waals surface area contributed by atoms with Gasteiger partial charge in [0, 0.05) is 0 Å². The molecule has 1 aromatic rings. The minimum atomic E-state index is -0.903. The molecule has 100 valence electrons. The molecule has 1 amide bonds. The third kappa shape index (κ3) is 2.65. The Hall–Kier alpha value is -1.96. The Morgan fingerprint density at radius 1 is 1.50 bits per heavy atom. The number of amides is 1. The van der Waals surface area contributed by atoms with Crippen molar-refractivity contribution in [2.45, 2.75) is 39.3 Å². The largest absolute Gasteiger partial charge is 0.368 e. The summed E-state index contributed by atoms with van der Waals surface area (Å²) in [6.07, 6.45) is 0.886. The number of aromatic nitrogens is 2. The van der Waals surface area contributed by atoms with Crippen molar-refractivity contribution < 1.29 is 9.72 Å². The van der Waals surface area contributed by atoms with Crippen LogP contribution in [0.3, 0.4) is 0 Å². The van der Waals surface area contributed by atoms with Crippen molar-refractivity contribution in [3.63, 3.8) is 0 Å². The summed E-state index contributed by atoms with van der Waals surface area (Å²) in [4.78, 5) is 21.5. The van der Waals surface area contributed by atoms with E-state index in [4.69, 9.17) is 11.5 Å². The summed E-state index contributed by atoms with van der Waals surface area (Å²) in [5, 5.41) is 15.2. The van der Waals surface area contributed by atoms with Crippen molar-refractivity contribution in [2.24, 2.45) is 11.5 Å². The van der Waals surface area contributed by atoms with Crippen molar-refractivity contribution in [1.29, 1.82) is 0 Å². The third-order valence-corrected chi connectivity index (χ3v) is 2.69. The summed E-state index contributed by atoms with van der Waals surface area (Å²) in [6.45, 7) is 3.63. The van der Waals surface area contributed by atoms with Crippen LogP contribution >= 0.6 is 0 Å². The van der Waals surface area contributed by atoms with Crippen molar-refractivity contribution >= 4 is 11.6 Å². The molecule has 0 bridgehead atoms. The number of hydrogen-bond acceptors (Lipinski definition) is 5. The normalized spacial score (nSPS) is 12.4. The Balaban J connectivity index is 3.20. The lowest BCUT2D eigenvalue weighted by Gasteiger charge is -2.09. The fraction of sp³-hybridized carbons (Fsp3) is 0.600. The summed E-state index contributed by atoms with van der Waals surface area (Å²) < 4.78 is 1.41. The first-order chi connectivity index (χ1) is 8.42. The van der Waals surface area contributed by atoms with Crippen LogP contribution in [0.2, 0.25) is 0 Å². The molecule has 0 aliphatic carbocycles. The Labute approximate surface area is 104 Å². The Kier molecular flexibility index (Phi) is 4.38. The minimum Gasteiger partial charge on any atom is -0.368 e. The summed E-state index contributed by atoms with van der Waals surface area (Å²) in [7, 11) is 0. The van der Waals surface area contributed by atoms with Gasteiger partial charge in [0.05, 0.1) is 11.5 Å². The van der Waals surface area contributed by atoms with E-state index in [1.807, 2.05) is 0 Å². The topological polar surface area (TPSA) is 130 Å². The van der Waals surface area contributed by atoms with Gasteiger partial charge in [-0.15, -0.1) is 0 Å². The van der Waals surface area contributed by atoms with E-state index in [9.17, 15) is 14.9 Å². The second-order valence-corrected chi connectivity index (χ2v) is 3.90. The predicted molar refractivity (Wildman–Crippen MR) is 64.8 cm³/mol. The molecule has 0 saturated heterocycles. The molecule has 0 fully saturated rings. The van der Waals surface area contributed by atoms with E-state index in [2.05, 4.69) is 5.10 Å². The van der Waals surface area contributed by atoms with Gasteiger partial charge in [0.15, 0.2) is 0 Å². The molecule has 1 heterocycles. The van der Waals surface area contributed by atoms with Crippen LogP contribution in [0.1, 0.15) is 25.2 Å². The first-order valence-electron chi connectivity index (χ1n) is 5.70. The zero-order chi connectivity index (χ0) is 13.9. The van der Waals surface area contributed by atoms with Crippen LogP contribution in [0.15, 0.2) is 0 Å². The minimum absolute atomic E-state index is 0.0108. The molecule has 0 aliphatic rings. The molecule has 1 unspecified atom stereocenters. The van der Waals surface area contributed by atoms with Crippen LogP contribution in [0.4, 0.5) is 5.69 Å². The Morgan fingerprint density at radius 3 is 2.50 bits per heavy atom. The highest BCUT2D eigenvalue weighted by atomic mass is 16.6. The number of nitrogens with zero attached hydrogens (tertiary/aromatic N) is 3. The molecule has 1 rings (SSSR count). The SMILES string of the molecule is CCc1nn(CC(N)C(N)=O)c(CC)c1[N+](=O)[O-]. The molecule has 1 aromatic heterocycles. The standard InChI is InChI=1S/C10H17N5O3/c1-3-7-9(15(17)18)8(4-2)14(13-7)5-6(11)10(12)16/h6H,3-5,11H2,1-2H3,(H2,12,16). The maximum Gasteiger partial charge on any atom is 0.313 e. The van der Waals surface area contributed by atoms with Crippen LogP contribution < -0.4 is 11.5 Å². The monoisotopic (exact) mass is 255 g/mol. The molecule has 18 heavy (non-hydrogen) atoms. The molecule has 1 atom stereocenters. The van der Waals surface area contributed by atoms with Crippen LogP contribution in [-0.2, 0) is 24.2 Å². The number of rotatable bonds is 6. The van der Waals surface area contributed by atoms with Gasteiger partial charge >= 0.3 is 5.69 Å². The van der Waals surface area contributed by atoms with E-state index in [0.29, 0.717) is 24.2 Å². The van der Waals surface area contributed by atoms with Crippen LogP contribution in [-0.4, -0.2) is 26.7 Å². The van der Waals surface area contributed by atoms with E-state index in [0.717, 1.165) is 0 Å².